The Morgan fingerprint density at radius 3 is 2.85 bits per heavy atom. The number of rotatable bonds is 3. The molecule has 0 spiro atoms. The molecular weight excluding hydrogens is 283 g/mol. The Hall–Kier alpha value is -0.330. The molecule has 0 aromatic rings. The zero-order valence-corrected chi connectivity index (χ0v) is 9.65. The number of hydrogen-bond acceptors (Lipinski definition) is 2. The molecule has 1 aliphatic heterocycles. The lowest BCUT2D eigenvalue weighted by Crippen LogP contribution is -2.43. The van der Waals surface area contributed by atoms with Crippen LogP contribution in [0.3, 0.4) is 0 Å². The van der Waals surface area contributed by atoms with Crippen molar-refractivity contribution in [3.63, 3.8) is 0 Å². The predicted octanol–water partition coefficient (Wildman–Crippen LogP) is 0.144. The van der Waals surface area contributed by atoms with Crippen LogP contribution in [0, 0.1) is 5.92 Å². The summed E-state index contributed by atoms with van der Waals surface area (Å²) in [5, 5.41) is 0. The highest BCUT2D eigenvalue weighted by atomic mass is 127. The smallest absolute Gasteiger partial charge is 0.239 e. The van der Waals surface area contributed by atoms with E-state index in [-0.39, 0.29) is 5.91 Å². The number of primary amides is 1. The first-order chi connectivity index (χ1) is 6.06. The van der Waals surface area contributed by atoms with Gasteiger partial charge < -0.3 is 10.6 Å². The van der Waals surface area contributed by atoms with Crippen LogP contribution in [0.1, 0.15) is 13.3 Å². The molecule has 1 heterocycles. The van der Waals surface area contributed by atoms with Crippen molar-refractivity contribution in [3.05, 3.63) is 0 Å². The Labute approximate surface area is 91.0 Å². The van der Waals surface area contributed by atoms with Crippen LogP contribution >= 0.6 is 22.6 Å². The number of nitrogens with zero attached hydrogens (tertiary/aromatic N) is 1. The van der Waals surface area contributed by atoms with Gasteiger partial charge in [0.2, 0.25) is 11.8 Å². The number of likely N-dealkylation sites (tertiary alicyclic amines) is 1. The lowest BCUT2D eigenvalue weighted by atomic mass is 10.2. The second-order valence-corrected chi connectivity index (χ2v) is 4.23. The van der Waals surface area contributed by atoms with E-state index in [1.807, 2.05) is 0 Å². The van der Waals surface area contributed by atoms with Crippen molar-refractivity contribution in [3.8, 4) is 0 Å². The minimum atomic E-state index is -0.458. The van der Waals surface area contributed by atoms with Gasteiger partial charge in [-0.25, -0.2) is 0 Å². The summed E-state index contributed by atoms with van der Waals surface area (Å²) >= 11 is 2.26. The van der Waals surface area contributed by atoms with Gasteiger partial charge in [0.25, 0.3) is 0 Å². The normalized spacial score (nSPS) is 24.9. The van der Waals surface area contributed by atoms with E-state index in [1.165, 1.54) is 0 Å². The summed E-state index contributed by atoms with van der Waals surface area (Å²) in [4.78, 5) is 23.8. The summed E-state index contributed by atoms with van der Waals surface area (Å²) in [5.41, 5.74) is 5.13. The van der Waals surface area contributed by atoms with E-state index in [2.05, 4.69) is 22.6 Å². The first kappa shape index (κ1) is 10.7. The van der Waals surface area contributed by atoms with Crippen LogP contribution in [0.15, 0.2) is 0 Å². The summed E-state index contributed by atoms with van der Waals surface area (Å²) in [5.74, 6) is 0.00493. The van der Waals surface area contributed by atoms with Gasteiger partial charge in [0, 0.05) is 17.4 Å². The van der Waals surface area contributed by atoms with Crippen molar-refractivity contribution < 1.29 is 9.59 Å². The number of nitrogens with two attached hydrogens (primary N) is 1. The minimum Gasteiger partial charge on any atom is -0.368 e. The molecule has 5 heteroatoms. The highest BCUT2D eigenvalue weighted by Gasteiger charge is 2.33. The van der Waals surface area contributed by atoms with E-state index >= 15 is 0 Å². The van der Waals surface area contributed by atoms with Crippen LogP contribution in [0.2, 0.25) is 0 Å². The summed E-state index contributed by atoms with van der Waals surface area (Å²) in [6.07, 6.45) is 0.556. The average molecular weight is 296 g/mol. The largest absolute Gasteiger partial charge is 0.368 e. The van der Waals surface area contributed by atoms with Crippen LogP contribution < -0.4 is 5.73 Å². The SMILES string of the molecule is C[C@@H](C(N)=O)N1C[C@@H](CI)CC1=O. The topological polar surface area (TPSA) is 63.4 Å². The van der Waals surface area contributed by atoms with Gasteiger partial charge in [0.1, 0.15) is 6.04 Å². The van der Waals surface area contributed by atoms with Crippen molar-refractivity contribution in [2.45, 2.75) is 19.4 Å². The molecule has 74 valence electrons. The Kier molecular flexibility index (Phi) is 3.52. The second kappa shape index (κ2) is 4.26. The van der Waals surface area contributed by atoms with E-state index in [0.29, 0.717) is 18.9 Å². The molecule has 1 fully saturated rings. The first-order valence-electron chi connectivity index (χ1n) is 4.21. The average Bonchev–Trinajstić information content (AvgIpc) is 2.45. The lowest BCUT2D eigenvalue weighted by molar-refractivity contribution is -0.135. The van der Waals surface area contributed by atoms with Crippen LogP contribution in [0.4, 0.5) is 0 Å². The highest BCUT2D eigenvalue weighted by molar-refractivity contribution is 14.1. The third-order valence-corrected chi connectivity index (χ3v) is 3.58. The van der Waals surface area contributed by atoms with E-state index in [9.17, 15) is 9.59 Å². The van der Waals surface area contributed by atoms with Gasteiger partial charge in [-0.15, -0.1) is 0 Å². The molecule has 0 aliphatic carbocycles. The molecule has 2 atom stereocenters. The van der Waals surface area contributed by atoms with Crippen LogP contribution in [-0.4, -0.2) is 33.7 Å². The van der Waals surface area contributed by atoms with E-state index in [4.69, 9.17) is 5.73 Å². The van der Waals surface area contributed by atoms with Gasteiger partial charge in [0.15, 0.2) is 0 Å². The quantitative estimate of drug-likeness (QED) is 0.595. The van der Waals surface area contributed by atoms with Crippen molar-refractivity contribution in [1.82, 2.24) is 4.90 Å². The second-order valence-electron chi connectivity index (χ2n) is 3.35. The monoisotopic (exact) mass is 296 g/mol. The summed E-state index contributed by atoms with van der Waals surface area (Å²) in [7, 11) is 0. The summed E-state index contributed by atoms with van der Waals surface area (Å²) < 4.78 is 0.950. The molecular formula is C8H13IN2O2. The molecule has 13 heavy (non-hydrogen) atoms. The van der Waals surface area contributed by atoms with Gasteiger partial charge in [-0.2, -0.15) is 0 Å². The maximum absolute atomic E-state index is 11.4. The standard InChI is InChI=1S/C8H13IN2O2/c1-5(8(10)13)11-4-6(3-9)2-7(11)12/h5-6H,2-4H2,1H3,(H2,10,13)/t5-,6+/m0/s1. The number of amides is 2. The molecule has 0 aromatic heterocycles. The maximum Gasteiger partial charge on any atom is 0.239 e. The van der Waals surface area contributed by atoms with Gasteiger partial charge in [-0.05, 0) is 12.8 Å². The number of halogens is 1. The van der Waals surface area contributed by atoms with Crippen molar-refractivity contribution in [2.24, 2.45) is 11.7 Å². The Morgan fingerprint density at radius 2 is 2.46 bits per heavy atom. The number of alkyl halides is 1. The number of carbonyl (C=O) groups excluding carboxylic acids is 2. The summed E-state index contributed by atoms with van der Waals surface area (Å²) in [6.45, 7) is 2.35. The van der Waals surface area contributed by atoms with Crippen LogP contribution in [0.5, 0.6) is 0 Å². The maximum atomic E-state index is 11.4. The fourth-order valence-electron chi connectivity index (χ4n) is 1.44. The Bertz CT molecular complexity index is 232. The van der Waals surface area contributed by atoms with Crippen molar-refractivity contribution in [2.75, 3.05) is 11.0 Å². The molecule has 0 radical (unpaired) electrons. The van der Waals surface area contributed by atoms with E-state index < -0.39 is 11.9 Å². The molecule has 4 nitrogen and oxygen atoms in total. The molecule has 1 rings (SSSR count). The lowest BCUT2D eigenvalue weighted by Gasteiger charge is -2.21. The van der Waals surface area contributed by atoms with Crippen LogP contribution in [-0.2, 0) is 9.59 Å². The molecule has 0 unspecified atom stereocenters. The van der Waals surface area contributed by atoms with E-state index in [1.54, 1.807) is 11.8 Å². The predicted molar refractivity (Wildman–Crippen MR) is 57.4 cm³/mol. The Morgan fingerprint density at radius 1 is 1.85 bits per heavy atom. The summed E-state index contributed by atoms with van der Waals surface area (Å²) in [6, 6.07) is -0.458. The first-order valence-corrected chi connectivity index (χ1v) is 5.73. The Balaban J connectivity index is 2.62. The fraction of sp³-hybridized carbons (Fsp3) is 0.750. The molecule has 0 aromatic carbocycles. The molecule has 0 bridgehead atoms. The van der Waals surface area contributed by atoms with Crippen molar-refractivity contribution in [1.29, 1.82) is 0 Å². The molecule has 2 N–H and O–H groups in total. The molecule has 1 aliphatic rings. The van der Waals surface area contributed by atoms with Gasteiger partial charge in [0.05, 0.1) is 0 Å². The number of carbonyl (C=O) groups is 2. The number of hydrogen-bond donors (Lipinski definition) is 1. The third kappa shape index (κ3) is 2.32. The van der Waals surface area contributed by atoms with Gasteiger partial charge in [-0.1, -0.05) is 22.6 Å². The highest BCUT2D eigenvalue weighted by Crippen LogP contribution is 2.21. The minimum absolute atomic E-state index is 0.0490. The molecule has 0 saturated carbocycles. The molecule has 2 amide bonds. The third-order valence-electron chi connectivity index (χ3n) is 2.34. The zero-order chi connectivity index (χ0) is 10.0. The van der Waals surface area contributed by atoms with Crippen molar-refractivity contribution >= 4 is 34.4 Å². The fourth-order valence-corrected chi connectivity index (χ4v) is 2.03. The van der Waals surface area contributed by atoms with Gasteiger partial charge in [-0.3, -0.25) is 9.59 Å². The zero-order valence-electron chi connectivity index (χ0n) is 7.50. The van der Waals surface area contributed by atoms with Crippen LogP contribution in [0.25, 0.3) is 0 Å². The van der Waals surface area contributed by atoms with Gasteiger partial charge >= 0.3 is 0 Å². The molecule has 1 saturated heterocycles. The van der Waals surface area contributed by atoms with E-state index in [0.717, 1.165) is 4.43 Å².